The average molecular weight is 579 g/mol. The molecule has 2 aromatic heterocycles. The van der Waals surface area contributed by atoms with Gasteiger partial charge in [-0.05, 0) is 64.4 Å². The lowest BCUT2D eigenvalue weighted by Gasteiger charge is -2.40. The van der Waals surface area contributed by atoms with Gasteiger partial charge in [0.2, 0.25) is 11.9 Å². The van der Waals surface area contributed by atoms with Crippen molar-refractivity contribution in [2.75, 3.05) is 31.1 Å². The van der Waals surface area contributed by atoms with Crippen molar-refractivity contribution in [3.8, 4) is 11.1 Å². The van der Waals surface area contributed by atoms with E-state index < -0.39 is 17.7 Å². The van der Waals surface area contributed by atoms with Crippen molar-refractivity contribution in [2.24, 2.45) is 7.05 Å². The molecule has 2 aromatic carbocycles. The monoisotopic (exact) mass is 578 g/mol. The summed E-state index contributed by atoms with van der Waals surface area (Å²) in [5.74, 6) is -0.815. The van der Waals surface area contributed by atoms with Gasteiger partial charge >= 0.3 is 0 Å². The van der Waals surface area contributed by atoms with Crippen molar-refractivity contribution < 1.29 is 18.3 Å². The summed E-state index contributed by atoms with van der Waals surface area (Å²) in [5.41, 5.74) is 1.29. The Morgan fingerprint density at radius 3 is 2.36 bits per heavy atom. The number of amides is 1. The Morgan fingerprint density at radius 1 is 1.07 bits per heavy atom. The molecule has 3 heterocycles. The fourth-order valence-corrected chi connectivity index (χ4v) is 5.52. The van der Waals surface area contributed by atoms with Crippen LogP contribution in [0.5, 0.6) is 0 Å². The molecule has 222 valence electrons. The Bertz CT molecular complexity index is 1650. The van der Waals surface area contributed by atoms with E-state index >= 15 is 0 Å². The minimum atomic E-state index is -0.775. The third-order valence-electron chi connectivity index (χ3n) is 7.71. The number of piperazine rings is 1. The Morgan fingerprint density at radius 2 is 1.74 bits per heavy atom. The van der Waals surface area contributed by atoms with Crippen LogP contribution in [-0.2, 0) is 16.6 Å². The van der Waals surface area contributed by atoms with Crippen LogP contribution in [0.1, 0.15) is 46.2 Å². The average Bonchev–Trinajstić information content (AvgIpc) is 3.20. The first-order valence-corrected chi connectivity index (χ1v) is 14.0. The zero-order valence-corrected chi connectivity index (χ0v) is 24.8. The summed E-state index contributed by atoms with van der Waals surface area (Å²) in [5, 5.41) is 0.441. The number of aromatic nitrogens is 4. The standard InChI is InChI=1S/C31H36F2N6O3/c1-19-17-37(12-13-38(19)27(40)18-42-31(3,4)5)30-34-15-22(16-35-30)21-10-11-23-26(14-21)39(36(6)29(23)41)20(2)28-24(32)8-7-9-25(28)33/h7-11,14-16,19-20H,12-13,17-18H2,1-6H3. The van der Waals surface area contributed by atoms with Crippen LogP contribution in [0.25, 0.3) is 22.0 Å². The van der Waals surface area contributed by atoms with Crippen molar-refractivity contribution in [1.82, 2.24) is 24.2 Å². The number of nitrogens with zero attached hydrogens (tertiary/aromatic N) is 6. The van der Waals surface area contributed by atoms with Gasteiger partial charge in [0.25, 0.3) is 5.56 Å². The van der Waals surface area contributed by atoms with Crippen LogP contribution in [0, 0.1) is 11.6 Å². The highest BCUT2D eigenvalue weighted by molar-refractivity contribution is 5.84. The van der Waals surface area contributed by atoms with E-state index in [1.165, 1.54) is 22.9 Å². The van der Waals surface area contributed by atoms with Gasteiger partial charge in [-0.1, -0.05) is 12.1 Å². The first-order valence-electron chi connectivity index (χ1n) is 14.0. The highest BCUT2D eigenvalue weighted by Gasteiger charge is 2.29. The minimum Gasteiger partial charge on any atom is -0.366 e. The van der Waals surface area contributed by atoms with Gasteiger partial charge in [0.15, 0.2) is 0 Å². The van der Waals surface area contributed by atoms with Gasteiger partial charge in [-0.15, -0.1) is 0 Å². The molecule has 9 nitrogen and oxygen atoms in total. The molecule has 1 saturated heterocycles. The molecule has 0 N–H and O–H groups in total. The number of hydrogen-bond donors (Lipinski definition) is 0. The molecule has 11 heteroatoms. The molecule has 0 saturated carbocycles. The van der Waals surface area contributed by atoms with Crippen molar-refractivity contribution in [3.05, 3.63) is 76.3 Å². The second-order valence-corrected chi connectivity index (χ2v) is 11.8. The fourth-order valence-electron chi connectivity index (χ4n) is 5.52. The smallest absolute Gasteiger partial charge is 0.274 e. The van der Waals surface area contributed by atoms with E-state index in [0.717, 1.165) is 11.1 Å². The minimum absolute atomic E-state index is 0.0309. The maximum atomic E-state index is 14.6. The molecule has 4 aromatic rings. The van der Waals surface area contributed by atoms with Gasteiger partial charge in [-0.3, -0.25) is 19.0 Å². The first-order chi connectivity index (χ1) is 19.9. The SMILES string of the molecule is CC1CN(c2ncc(-c3ccc4c(=O)n(C)n(C(C)c5c(F)cccc5F)c4c3)cn2)CCN1C(=O)COC(C)(C)C. The molecule has 2 atom stereocenters. The molecule has 0 radical (unpaired) electrons. The summed E-state index contributed by atoms with van der Waals surface area (Å²) < 4.78 is 37.9. The van der Waals surface area contributed by atoms with E-state index in [1.54, 1.807) is 37.1 Å². The topological polar surface area (TPSA) is 85.5 Å². The largest absolute Gasteiger partial charge is 0.366 e. The summed E-state index contributed by atoms with van der Waals surface area (Å²) >= 11 is 0. The van der Waals surface area contributed by atoms with E-state index in [2.05, 4.69) is 9.97 Å². The number of carbonyl (C=O) groups is 1. The molecule has 1 fully saturated rings. The number of benzene rings is 2. The predicted octanol–water partition coefficient (Wildman–Crippen LogP) is 4.54. The summed E-state index contributed by atoms with van der Waals surface area (Å²) in [6, 6.07) is 8.27. The highest BCUT2D eigenvalue weighted by Crippen LogP contribution is 2.30. The van der Waals surface area contributed by atoms with Crippen LogP contribution in [0.15, 0.2) is 53.6 Å². The van der Waals surface area contributed by atoms with E-state index in [9.17, 15) is 18.4 Å². The lowest BCUT2D eigenvalue weighted by atomic mass is 10.1. The van der Waals surface area contributed by atoms with Gasteiger partial charge in [-0.25, -0.2) is 18.7 Å². The number of halogens is 2. The summed E-state index contributed by atoms with van der Waals surface area (Å²) in [6.07, 6.45) is 3.43. The fraction of sp³-hybridized carbons (Fsp3) is 0.419. The first kappa shape index (κ1) is 29.4. The second-order valence-electron chi connectivity index (χ2n) is 11.8. The molecule has 1 aliphatic rings. The summed E-state index contributed by atoms with van der Waals surface area (Å²) in [6.45, 7) is 11.2. The van der Waals surface area contributed by atoms with Crippen LogP contribution in [0.3, 0.4) is 0 Å². The second kappa shape index (κ2) is 11.3. The van der Waals surface area contributed by atoms with E-state index in [-0.39, 0.29) is 35.3 Å². The van der Waals surface area contributed by atoms with Crippen LogP contribution in [-0.4, -0.2) is 68.0 Å². The molecule has 1 amide bonds. The van der Waals surface area contributed by atoms with Crippen molar-refractivity contribution in [2.45, 2.75) is 52.3 Å². The van der Waals surface area contributed by atoms with E-state index in [0.29, 0.717) is 36.5 Å². The molecular weight excluding hydrogens is 542 g/mol. The molecule has 0 aliphatic carbocycles. The third kappa shape index (κ3) is 5.65. The zero-order valence-electron chi connectivity index (χ0n) is 24.8. The van der Waals surface area contributed by atoms with Gasteiger partial charge in [-0.2, -0.15) is 0 Å². The van der Waals surface area contributed by atoms with Crippen molar-refractivity contribution in [1.29, 1.82) is 0 Å². The number of fused-ring (bicyclic) bond motifs is 1. The lowest BCUT2D eigenvalue weighted by Crippen LogP contribution is -2.55. The number of rotatable bonds is 6. The van der Waals surface area contributed by atoms with Crippen LogP contribution < -0.4 is 10.5 Å². The Balaban J connectivity index is 1.37. The Labute approximate surface area is 243 Å². The molecular formula is C31H36F2N6O3. The Kier molecular flexibility index (Phi) is 7.89. The molecule has 0 spiro atoms. The quantitative estimate of drug-likeness (QED) is 0.334. The summed E-state index contributed by atoms with van der Waals surface area (Å²) in [7, 11) is 1.58. The molecule has 42 heavy (non-hydrogen) atoms. The normalized spacial score (nSPS) is 16.7. The van der Waals surface area contributed by atoms with Crippen molar-refractivity contribution >= 4 is 22.8 Å². The number of carbonyl (C=O) groups excluding carboxylic acids is 1. The molecule has 1 aliphatic heterocycles. The Hall–Kier alpha value is -4.12. The highest BCUT2D eigenvalue weighted by atomic mass is 19.1. The number of hydrogen-bond acceptors (Lipinski definition) is 6. The van der Waals surface area contributed by atoms with Gasteiger partial charge in [0.1, 0.15) is 18.2 Å². The van der Waals surface area contributed by atoms with E-state index in [4.69, 9.17) is 4.74 Å². The van der Waals surface area contributed by atoms with Crippen molar-refractivity contribution in [3.63, 3.8) is 0 Å². The molecule has 2 unspecified atom stereocenters. The number of ether oxygens (including phenoxy) is 1. The van der Waals surface area contributed by atoms with Crippen LogP contribution in [0.2, 0.25) is 0 Å². The third-order valence-corrected chi connectivity index (χ3v) is 7.71. The summed E-state index contributed by atoms with van der Waals surface area (Å²) in [4.78, 5) is 38.7. The predicted molar refractivity (Wildman–Crippen MR) is 157 cm³/mol. The maximum absolute atomic E-state index is 14.6. The molecule has 0 bridgehead atoms. The van der Waals surface area contributed by atoms with E-state index in [1.807, 2.05) is 49.6 Å². The number of anilines is 1. The lowest BCUT2D eigenvalue weighted by molar-refractivity contribution is -0.143. The van der Waals surface area contributed by atoms with Gasteiger partial charge in [0, 0.05) is 56.2 Å². The van der Waals surface area contributed by atoms with Gasteiger partial charge in [0.05, 0.1) is 22.5 Å². The van der Waals surface area contributed by atoms with Crippen LogP contribution >= 0.6 is 0 Å². The molecule has 5 rings (SSSR count). The maximum Gasteiger partial charge on any atom is 0.274 e. The van der Waals surface area contributed by atoms with Gasteiger partial charge < -0.3 is 14.5 Å². The van der Waals surface area contributed by atoms with Crippen LogP contribution in [0.4, 0.5) is 14.7 Å². The zero-order chi connectivity index (χ0) is 30.3.